The number of halogens is 1. The monoisotopic (exact) mass is 354 g/mol. The quantitative estimate of drug-likeness (QED) is 0.793. The highest BCUT2D eigenvalue weighted by molar-refractivity contribution is 7.90. The maximum Gasteiger partial charge on any atom is 0.175 e. The number of rotatable bonds is 3. The second-order valence-electron chi connectivity index (χ2n) is 7.11. The first-order valence-electron chi connectivity index (χ1n) is 8.31. The maximum absolute atomic E-state index is 13.6. The molecule has 0 atom stereocenters. The van der Waals surface area contributed by atoms with Crippen LogP contribution >= 0.6 is 0 Å². The molecular formula is C21H19FO2S. The van der Waals surface area contributed by atoms with E-state index < -0.39 is 9.84 Å². The van der Waals surface area contributed by atoms with Gasteiger partial charge >= 0.3 is 0 Å². The molecule has 4 rings (SSSR count). The van der Waals surface area contributed by atoms with E-state index in [9.17, 15) is 12.8 Å². The number of hydrogen-bond donors (Lipinski definition) is 0. The summed E-state index contributed by atoms with van der Waals surface area (Å²) < 4.78 is 37.0. The molecule has 1 saturated carbocycles. The summed E-state index contributed by atoms with van der Waals surface area (Å²) in [6.45, 7) is 1.77. The summed E-state index contributed by atoms with van der Waals surface area (Å²) in [5.74, 6) is -0.202. The molecule has 2 aliphatic carbocycles. The normalized spacial score (nSPS) is 18.2. The number of hydrogen-bond acceptors (Lipinski definition) is 2. The summed E-state index contributed by atoms with van der Waals surface area (Å²) in [4.78, 5) is 0.319. The van der Waals surface area contributed by atoms with Crippen molar-refractivity contribution in [1.29, 1.82) is 0 Å². The molecule has 2 aromatic rings. The van der Waals surface area contributed by atoms with Gasteiger partial charge in [-0.1, -0.05) is 30.4 Å². The molecule has 0 unspecified atom stereocenters. The van der Waals surface area contributed by atoms with Crippen LogP contribution in [0.1, 0.15) is 29.5 Å². The summed E-state index contributed by atoms with van der Waals surface area (Å²) in [7, 11) is -3.21. The summed E-state index contributed by atoms with van der Waals surface area (Å²) in [5.41, 5.74) is 4.95. The van der Waals surface area contributed by atoms with E-state index >= 15 is 0 Å². The standard InChI is InChI=1S/C21H19FO2S/c1-14-11-16(5-8-20(14)22)19-13-21(9-10-21)12-18(19)15-3-6-17(7-4-15)25(2,23)24/h3-8,11-13H,9-10H2,1-2H3. The van der Waals surface area contributed by atoms with Crippen LogP contribution in [-0.2, 0) is 9.84 Å². The van der Waals surface area contributed by atoms with Gasteiger partial charge in [-0.15, -0.1) is 0 Å². The molecule has 25 heavy (non-hydrogen) atoms. The average Bonchev–Trinajstić information content (AvgIpc) is 3.20. The lowest BCUT2D eigenvalue weighted by molar-refractivity contribution is 0.602. The Morgan fingerprint density at radius 3 is 2.00 bits per heavy atom. The minimum Gasteiger partial charge on any atom is -0.224 e. The first-order chi connectivity index (χ1) is 11.8. The summed E-state index contributed by atoms with van der Waals surface area (Å²) in [5, 5.41) is 0. The largest absolute Gasteiger partial charge is 0.224 e. The molecule has 0 aromatic heterocycles. The molecule has 0 saturated heterocycles. The van der Waals surface area contributed by atoms with Crippen LogP contribution in [0.3, 0.4) is 0 Å². The van der Waals surface area contributed by atoms with Crippen molar-refractivity contribution in [1.82, 2.24) is 0 Å². The molecule has 1 fully saturated rings. The van der Waals surface area contributed by atoms with Crippen molar-refractivity contribution in [3.63, 3.8) is 0 Å². The summed E-state index contributed by atoms with van der Waals surface area (Å²) in [6.07, 6.45) is 8.02. The predicted molar refractivity (Wildman–Crippen MR) is 98.3 cm³/mol. The number of benzene rings is 2. The van der Waals surface area contributed by atoms with Gasteiger partial charge in [0.2, 0.25) is 0 Å². The molecule has 1 spiro atoms. The minimum absolute atomic E-state index is 0.127. The average molecular weight is 354 g/mol. The minimum atomic E-state index is -3.21. The van der Waals surface area contributed by atoms with E-state index in [2.05, 4.69) is 12.2 Å². The molecule has 0 bridgehead atoms. The SMILES string of the molecule is Cc1cc(C2=CC3(C=C2c2ccc(S(C)(=O)=O)cc2)CC3)ccc1F. The third-order valence-corrected chi connectivity index (χ3v) is 6.17. The van der Waals surface area contributed by atoms with E-state index in [0.717, 1.165) is 35.1 Å². The predicted octanol–water partition coefficient (Wildman–Crippen LogP) is 4.80. The Balaban J connectivity index is 1.78. The van der Waals surface area contributed by atoms with Gasteiger partial charge in [-0.25, -0.2) is 12.8 Å². The van der Waals surface area contributed by atoms with Crippen molar-refractivity contribution in [3.8, 4) is 0 Å². The molecule has 0 amide bonds. The van der Waals surface area contributed by atoms with Crippen LogP contribution in [0.2, 0.25) is 0 Å². The van der Waals surface area contributed by atoms with Crippen molar-refractivity contribution < 1.29 is 12.8 Å². The Labute approximate surface area is 147 Å². The van der Waals surface area contributed by atoms with E-state index in [1.165, 1.54) is 12.3 Å². The molecule has 2 aliphatic rings. The summed E-state index contributed by atoms with van der Waals surface area (Å²) in [6, 6.07) is 12.2. The second kappa shape index (κ2) is 5.40. The van der Waals surface area contributed by atoms with Crippen LogP contribution in [0.25, 0.3) is 11.1 Å². The van der Waals surface area contributed by atoms with Gasteiger partial charge in [0.15, 0.2) is 9.84 Å². The maximum atomic E-state index is 13.6. The number of allylic oxidation sites excluding steroid dienone is 4. The zero-order valence-corrected chi connectivity index (χ0v) is 15.0. The van der Waals surface area contributed by atoms with Crippen LogP contribution in [0.4, 0.5) is 4.39 Å². The van der Waals surface area contributed by atoms with Crippen molar-refractivity contribution in [2.75, 3.05) is 6.26 Å². The van der Waals surface area contributed by atoms with Gasteiger partial charge in [-0.2, -0.15) is 0 Å². The molecule has 0 heterocycles. The lowest BCUT2D eigenvalue weighted by Gasteiger charge is -2.11. The third-order valence-electron chi connectivity index (χ3n) is 5.04. The third kappa shape index (κ3) is 2.95. The van der Waals surface area contributed by atoms with Gasteiger partial charge in [0.1, 0.15) is 5.82 Å². The van der Waals surface area contributed by atoms with Crippen LogP contribution < -0.4 is 0 Å². The fraction of sp³-hybridized carbons (Fsp3) is 0.238. The smallest absolute Gasteiger partial charge is 0.175 e. The van der Waals surface area contributed by atoms with Gasteiger partial charge in [0, 0.05) is 11.7 Å². The van der Waals surface area contributed by atoms with Gasteiger partial charge in [0.25, 0.3) is 0 Å². The highest BCUT2D eigenvalue weighted by Gasteiger charge is 2.43. The summed E-state index contributed by atoms with van der Waals surface area (Å²) >= 11 is 0. The first kappa shape index (κ1) is 16.3. The van der Waals surface area contributed by atoms with E-state index in [1.807, 2.05) is 24.3 Å². The van der Waals surface area contributed by atoms with Crippen LogP contribution in [-0.4, -0.2) is 14.7 Å². The zero-order valence-electron chi connectivity index (χ0n) is 14.2. The molecule has 4 heteroatoms. The molecule has 128 valence electrons. The fourth-order valence-corrected chi connectivity index (χ4v) is 4.01. The van der Waals surface area contributed by atoms with Crippen LogP contribution in [0, 0.1) is 18.2 Å². The Morgan fingerprint density at radius 1 is 0.920 bits per heavy atom. The number of aryl methyl sites for hydroxylation is 1. The lowest BCUT2D eigenvalue weighted by atomic mass is 9.94. The molecular weight excluding hydrogens is 335 g/mol. The second-order valence-corrected chi connectivity index (χ2v) is 9.13. The topological polar surface area (TPSA) is 34.1 Å². The van der Waals surface area contributed by atoms with Crippen molar-refractivity contribution in [3.05, 3.63) is 77.1 Å². The lowest BCUT2D eigenvalue weighted by Crippen LogP contribution is -1.97. The highest BCUT2D eigenvalue weighted by Crippen LogP contribution is 2.57. The molecule has 2 nitrogen and oxygen atoms in total. The van der Waals surface area contributed by atoms with Crippen molar-refractivity contribution in [2.45, 2.75) is 24.7 Å². The van der Waals surface area contributed by atoms with Crippen LogP contribution in [0.15, 0.2) is 59.5 Å². The van der Waals surface area contributed by atoms with Crippen molar-refractivity contribution >= 4 is 21.0 Å². The molecule has 0 N–H and O–H groups in total. The van der Waals surface area contributed by atoms with Gasteiger partial charge < -0.3 is 0 Å². The molecule has 0 aliphatic heterocycles. The fourth-order valence-electron chi connectivity index (χ4n) is 3.38. The Bertz CT molecular complexity index is 1020. The van der Waals surface area contributed by atoms with E-state index in [0.29, 0.717) is 10.5 Å². The Kier molecular flexibility index (Phi) is 3.51. The molecule has 2 aromatic carbocycles. The van der Waals surface area contributed by atoms with Gasteiger partial charge in [-0.05, 0) is 71.9 Å². The Morgan fingerprint density at radius 2 is 1.48 bits per heavy atom. The van der Waals surface area contributed by atoms with Crippen molar-refractivity contribution in [2.24, 2.45) is 5.41 Å². The molecule has 0 radical (unpaired) electrons. The Hall–Kier alpha value is -2.20. The number of sulfone groups is 1. The zero-order chi connectivity index (χ0) is 17.8. The van der Waals surface area contributed by atoms with Crippen LogP contribution in [0.5, 0.6) is 0 Å². The first-order valence-corrected chi connectivity index (χ1v) is 10.2. The van der Waals surface area contributed by atoms with E-state index in [1.54, 1.807) is 19.1 Å². The van der Waals surface area contributed by atoms with Gasteiger partial charge in [-0.3, -0.25) is 0 Å². The van der Waals surface area contributed by atoms with E-state index in [-0.39, 0.29) is 11.2 Å². The van der Waals surface area contributed by atoms with E-state index in [4.69, 9.17) is 0 Å². The highest BCUT2D eigenvalue weighted by atomic mass is 32.2. The van der Waals surface area contributed by atoms with Gasteiger partial charge in [0.05, 0.1) is 4.90 Å².